The molecule has 0 aromatic carbocycles. The van der Waals surface area contributed by atoms with E-state index in [0.717, 1.165) is 38.4 Å². The topological polar surface area (TPSA) is 68.3 Å². The van der Waals surface area contributed by atoms with E-state index in [1.165, 1.54) is 0 Å². The van der Waals surface area contributed by atoms with E-state index in [4.69, 9.17) is 10.6 Å². The zero-order chi connectivity index (χ0) is 14.5. The van der Waals surface area contributed by atoms with E-state index in [1.807, 2.05) is 16.9 Å². The van der Waals surface area contributed by atoms with Crippen LogP contribution < -0.4 is 11.3 Å². The zero-order valence-electron chi connectivity index (χ0n) is 12.7. The van der Waals surface area contributed by atoms with Crippen LogP contribution in [0.15, 0.2) is 12.3 Å². The lowest BCUT2D eigenvalue weighted by Crippen LogP contribution is -2.51. The summed E-state index contributed by atoms with van der Waals surface area (Å²) in [5.74, 6) is 5.79. The van der Waals surface area contributed by atoms with Crippen LogP contribution in [0.3, 0.4) is 0 Å². The quantitative estimate of drug-likeness (QED) is 0.599. The lowest BCUT2D eigenvalue weighted by Gasteiger charge is -2.38. The molecule has 1 fully saturated rings. The molecule has 2 atom stereocenters. The second kappa shape index (κ2) is 7.17. The first kappa shape index (κ1) is 15.4. The number of nitrogens with one attached hydrogen (secondary N) is 1. The van der Waals surface area contributed by atoms with Crippen molar-refractivity contribution in [3.8, 4) is 0 Å². The van der Waals surface area contributed by atoms with Crippen LogP contribution in [0.4, 0.5) is 0 Å². The maximum absolute atomic E-state index is 5.94. The van der Waals surface area contributed by atoms with Crippen molar-refractivity contribution >= 4 is 0 Å². The van der Waals surface area contributed by atoms with Gasteiger partial charge >= 0.3 is 0 Å². The largest absolute Gasteiger partial charge is 0.373 e. The lowest BCUT2D eigenvalue weighted by atomic mass is 10.1. The summed E-state index contributed by atoms with van der Waals surface area (Å²) in [6, 6.07) is 2.53. The van der Waals surface area contributed by atoms with Gasteiger partial charge in [0.2, 0.25) is 0 Å². The highest BCUT2D eigenvalue weighted by Crippen LogP contribution is 2.22. The number of aromatic nitrogens is 2. The van der Waals surface area contributed by atoms with Gasteiger partial charge in [0.1, 0.15) is 0 Å². The molecule has 6 nitrogen and oxygen atoms in total. The number of hydrazine groups is 1. The Morgan fingerprint density at radius 1 is 1.55 bits per heavy atom. The van der Waals surface area contributed by atoms with E-state index in [-0.39, 0.29) is 12.1 Å². The molecule has 1 aromatic heterocycles. The monoisotopic (exact) mass is 281 g/mol. The molecule has 6 heteroatoms. The van der Waals surface area contributed by atoms with Crippen molar-refractivity contribution in [2.24, 2.45) is 5.84 Å². The summed E-state index contributed by atoms with van der Waals surface area (Å²) in [6.07, 6.45) is 2.94. The molecule has 0 radical (unpaired) electrons. The fourth-order valence-electron chi connectivity index (χ4n) is 2.76. The van der Waals surface area contributed by atoms with Crippen molar-refractivity contribution in [3.05, 3.63) is 18.0 Å². The third-order valence-corrected chi connectivity index (χ3v) is 3.91. The Hall–Kier alpha value is -0.950. The average molecular weight is 281 g/mol. The predicted molar refractivity (Wildman–Crippen MR) is 79.0 cm³/mol. The van der Waals surface area contributed by atoms with Crippen LogP contribution in [0.2, 0.25) is 0 Å². The lowest BCUT2D eigenvalue weighted by molar-refractivity contribution is -0.0574. The minimum Gasteiger partial charge on any atom is -0.373 e. The standard InChI is InChI=1S/C14H27N5O/c1-4-7-19-12(5-6-16-19)14(17-15)13-10-18(11(2)3)8-9-20-13/h5-6,11,13-14,17H,4,7-10,15H2,1-3H3. The number of ether oxygens (including phenoxy) is 1. The van der Waals surface area contributed by atoms with Crippen LogP contribution in [0.5, 0.6) is 0 Å². The minimum atomic E-state index is -0.0226. The van der Waals surface area contributed by atoms with Crippen molar-refractivity contribution in [1.29, 1.82) is 0 Å². The molecule has 1 saturated heterocycles. The second-order valence-electron chi connectivity index (χ2n) is 5.62. The Bertz CT molecular complexity index is 406. The van der Waals surface area contributed by atoms with Gasteiger partial charge in [0.05, 0.1) is 24.4 Å². The van der Waals surface area contributed by atoms with Gasteiger partial charge in [-0.3, -0.25) is 15.4 Å². The van der Waals surface area contributed by atoms with Gasteiger partial charge in [0, 0.05) is 31.9 Å². The number of morpholine rings is 1. The van der Waals surface area contributed by atoms with Crippen LogP contribution >= 0.6 is 0 Å². The number of nitrogens with zero attached hydrogens (tertiary/aromatic N) is 3. The van der Waals surface area contributed by atoms with Crippen molar-refractivity contribution < 1.29 is 4.74 Å². The summed E-state index contributed by atoms with van der Waals surface area (Å²) >= 11 is 0. The fourth-order valence-corrected chi connectivity index (χ4v) is 2.76. The minimum absolute atomic E-state index is 0.0226. The molecule has 0 aliphatic carbocycles. The Morgan fingerprint density at radius 3 is 3.00 bits per heavy atom. The van der Waals surface area contributed by atoms with Gasteiger partial charge in [-0.1, -0.05) is 6.92 Å². The van der Waals surface area contributed by atoms with Gasteiger partial charge in [0.15, 0.2) is 0 Å². The molecule has 2 rings (SSSR count). The van der Waals surface area contributed by atoms with Crippen LogP contribution in [-0.4, -0.2) is 46.5 Å². The smallest absolute Gasteiger partial charge is 0.0925 e. The average Bonchev–Trinajstić information content (AvgIpc) is 2.89. The number of rotatable bonds is 6. The van der Waals surface area contributed by atoms with Gasteiger partial charge < -0.3 is 4.74 Å². The number of hydrogen-bond acceptors (Lipinski definition) is 5. The molecule has 1 aliphatic rings. The van der Waals surface area contributed by atoms with E-state index in [2.05, 4.69) is 36.2 Å². The number of nitrogens with two attached hydrogens (primary N) is 1. The van der Waals surface area contributed by atoms with Crippen molar-refractivity contribution in [2.45, 2.75) is 51.9 Å². The summed E-state index contributed by atoms with van der Waals surface area (Å²) < 4.78 is 7.96. The Balaban J connectivity index is 2.12. The van der Waals surface area contributed by atoms with E-state index >= 15 is 0 Å². The maximum atomic E-state index is 5.94. The predicted octanol–water partition coefficient (Wildman–Crippen LogP) is 0.907. The SMILES string of the molecule is CCCn1nccc1C(NN)C1CN(C(C)C)CCO1. The van der Waals surface area contributed by atoms with Crippen molar-refractivity contribution in [2.75, 3.05) is 19.7 Å². The summed E-state index contributed by atoms with van der Waals surface area (Å²) in [6.45, 7) is 10.1. The summed E-state index contributed by atoms with van der Waals surface area (Å²) in [4.78, 5) is 2.43. The molecule has 0 saturated carbocycles. The summed E-state index contributed by atoms with van der Waals surface area (Å²) in [7, 11) is 0. The molecule has 0 spiro atoms. The molecule has 2 heterocycles. The third kappa shape index (κ3) is 3.38. The molecular formula is C14H27N5O. The van der Waals surface area contributed by atoms with Crippen molar-refractivity contribution in [1.82, 2.24) is 20.1 Å². The van der Waals surface area contributed by atoms with Crippen LogP contribution in [0.1, 0.15) is 38.9 Å². The first-order chi connectivity index (χ1) is 9.67. The van der Waals surface area contributed by atoms with Gasteiger partial charge in [-0.25, -0.2) is 5.43 Å². The number of aryl methyl sites for hydroxylation is 1. The highest BCUT2D eigenvalue weighted by Gasteiger charge is 2.31. The molecule has 114 valence electrons. The van der Waals surface area contributed by atoms with E-state index in [9.17, 15) is 0 Å². The first-order valence-electron chi connectivity index (χ1n) is 7.50. The van der Waals surface area contributed by atoms with Gasteiger partial charge in [-0.15, -0.1) is 0 Å². The van der Waals surface area contributed by atoms with Gasteiger partial charge in [-0.2, -0.15) is 5.10 Å². The molecule has 1 aliphatic heterocycles. The first-order valence-corrected chi connectivity index (χ1v) is 7.50. The summed E-state index contributed by atoms with van der Waals surface area (Å²) in [5.41, 5.74) is 4.02. The molecule has 1 aromatic rings. The van der Waals surface area contributed by atoms with Crippen LogP contribution in [-0.2, 0) is 11.3 Å². The van der Waals surface area contributed by atoms with E-state index in [1.54, 1.807) is 0 Å². The molecule has 3 N–H and O–H groups in total. The Morgan fingerprint density at radius 2 is 2.35 bits per heavy atom. The highest BCUT2D eigenvalue weighted by molar-refractivity contribution is 5.10. The molecular weight excluding hydrogens is 254 g/mol. The number of hydrogen-bond donors (Lipinski definition) is 2. The van der Waals surface area contributed by atoms with Crippen LogP contribution in [0.25, 0.3) is 0 Å². The summed E-state index contributed by atoms with van der Waals surface area (Å²) in [5, 5.41) is 4.38. The third-order valence-electron chi connectivity index (χ3n) is 3.91. The Labute approximate surface area is 121 Å². The van der Waals surface area contributed by atoms with E-state index in [0.29, 0.717) is 6.04 Å². The fraction of sp³-hybridized carbons (Fsp3) is 0.786. The Kier molecular flexibility index (Phi) is 5.54. The second-order valence-corrected chi connectivity index (χ2v) is 5.62. The normalized spacial score (nSPS) is 22.4. The zero-order valence-corrected chi connectivity index (χ0v) is 12.7. The molecule has 0 bridgehead atoms. The molecule has 0 amide bonds. The van der Waals surface area contributed by atoms with Gasteiger partial charge in [-0.05, 0) is 26.3 Å². The van der Waals surface area contributed by atoms with Crippen LogP contribution in [0, 0.1) is 0 Å². The van der Waals surface area contributed by atoms with E-state index < -0.39 is 0 Å². The maximum Gasteiger partial charge on any atom is 0.0925 e. The highest BCUT2D eigenvalue weighted by atomic mass is 16.5. The van der Waals surface area contributed by atoms with Crippen molar-refractivity contribution in [3.63, 3.8) is 0 Å². The molecule has 2 unspecified atom stereocenters. The molecule has 20 heavy (non-hydrogen) atoms. The van der Waals surface area contributed by atoms with Gasteiger partial charge in [0.25, 0.3) is 0 Å².